The highest BCUT2D eigenvalue weighted by Gasteiger charge is 2.35. The molecule has 2 heterocycles. The van der Waals surface area contributed by atoms with Gasteiger partial charge in [0.2, 0.25) is 5.17 Å². The normalized spacial score (nSPS) is 16.1. The Morgan fingerprint density at radius 2 is 1.74 bits per heavy atom. The lowest BCUT2D eigenvalue weighted by atomic mass is 10.1. The van der Waals surface area contributed by atoms with Crippen LogP contribution in [0.1, 0.15) is 25.8 Å². The lowest BCUT2D eigenvalue weighted by Gasteiger charge is -2.20. The summed E-state index contributed by atoms with van der Waals surface area (Å²) in [7, 11) is 1.62. The summed E-state index contributed by atoms with van der Waals surface area (Å²) >= 11 is 1.32. The van der Waals surface area contributed by atoms with Gasteiger partial charge < -0.3 is 18.9 Å². The fraction of sp³-hybridized carbons (Fsp3) is 0.280. The molecule has 2 aromatic rings. The number of thioether (sulfide) groups is 1. The van der Waals surface area contributed by atoms with Gasteiger partial charge in [0.1, 0.15) is 29.8 Å². The maximum absolute atomic E-state index is 12.6. The summed E-state index contributed by atoms with van der Waals surface area (Å²) in [6.07, 6.45) is 2.33. The molecule has 0 radical (unpaired) electrons. The van der Waals surface area contributed by atoms with E-state index in [1.54, 1.807) is 31.4 Å². The van der Waals surface area contributed by atoms with Crippen LogP contribution in [0.3, 0.4) is 0 Å². The largest absolute Gasteiger partial charge is 0.497 e. The van der Waals surface area contributed by atoms with Crippen molar-refractivity contribution in [1.82, 2.24) is 5.01 Å². The van der Waals surface area contributed by atoms with Crippen molar-refractivity contribution in [3.05, 3.63) is 53.6 Å². The Bertz CT molecular complexity index is 1210. The first-order valence-corrected chi connectivity index (χ1v) is 12.0. The lowest BCUT2D eigenvalue weighted by Crippen LogP contribution is -2.35. The highest BCUT2D eigenvalue weighted by atomic mass is 32.2. The molecule has 0 unspecified atom stereocenters. The predicted octanol–water partition coefficient (Wildman–Crippen LogP) is 4.58. The summed E-state index contributed by atoms with van der Waals surface area (Å²) in [6, 6.07) is 12.7. The zero-order valence-electron chi connectivity index (χ0n) is 19.7. The van der Waals surface area contributed by atoms with Gasteiger partial charge in [0.25, 0.3) is 5.91 Å². The fourth-order valence-electron chi connectivity index (χ4n) is 3.33. The number of nitrogens with zero attached hydrogens (tertiary/aromatic N) is 3. The van der Waals surface area contributed by atoms with Crippen LogP contribution in [0, 0.1) is 5.41 Å². The molecule has 2 aromatic carbocycles. The number of carbonyl (C=O) groups excluding carboxylic acids is 1. The Hall–Kier alpha value is -3.79. The summed E-state index contributed by atoms with van der Waals surface area (Å²) in [5.41, 5.74) is 0.855. The molecule has 0 spiro atoms. The van der Waals surface area contributed by atoms with Crippen LogP contribution in [-0.4, -0.2) is 53.9 Å². The van der Waals surface area contributed by atoms with Gasteiger partial charge in [-0.05, 0) is 73.1 Å². The Balaban J connectivity index is 1.44. The van der Waals surface area contributed by atoms with E-state index in [1.807, 2.05) is 38.1 Å². The first-order valence-electron chi connectivity index (χ1n) is 11.2. The van der Waals surface area contributed by atoms with Crippen LogP contribution in [-0.2, 0) is 4.79 Å². The third-order valence-corrected chi connectivity index (χ3v) is 6.10. The first kappa shape index (κ1) is 24.3. The third-order valence-electron chi connectivity index (χ3n) is 5.05. The summed E-state index contributed by atoms with van der Waals surface area (Å²) in [5.74, 6) is 2.12. The molecule has 2 aliphatic rings. The number of carbonyl (C=O) groups is 1. The second kappa shape index (κ2) is 11.1. The van der Waals surface area contributed by atoms with Gasteiger partial charge in [0.05, 0.1) is 19.3 Å². The zero-order valence-corrected chi connectivity index (χ0v) is 20.6. The van der Waals surface area contributed by atoms with Crippen molar-refractivity contribution in [2.75, 3.05) is 26.9 Å². The number of ether oxygens (including phenoxy) is 4. The van der Waals surface area contributed by atoms with E-state index in [4.69, 9.17) is 24.4 Å². The van der Waals surface area contributed by atoms with E-state index >= 15 is 0 Å². The van der Waals surface area contributed by atoms with E-state index in [9.17, 15) is 4.79 Å². The highest BCUT2D eigenvalue weighted by molar-refractivity contribution is 8.26. The van der Waals surface area contributed by atoms with Crippen molar-refractivity contribution in [2.45, 2.75) is 20.3 Å². The monoisotopic (exact) mass is 494 g/mol. The predicted molar refractivity (Wildman–Crippen MR) is 137 cm³/mol. The molecule has 0 bridgehead atoms. The lowest BCUT2D eigenvalue weighted by molar-refractivity contribution is -0.114. The second-order valence-electron chi connectivity index (χ2n) is 7.38. The SMILES string of the molecule is CCOc1cc(C=C2C(=N)N3N=C(CC)SC3=NC2=O)ccc1OCCOc1ccc(OC)cc1. The number of methoxy groups -OCH3 is 1. The highest BCUT2D eigenvalue weighted by Crippen LogP contribution is 2.32. The molecule has 0 atom stereocenters. The number of hydrogen-bond acceptors (Lipinski definition) is 8. The minimum absolute atomic E-state index is 0.00455. The van der Waals surface area contributed by atoms with Gasteiger partial charge in [-0.25, -0.2) is 0 Å². The average Bonchev–Trinajstić information content (AvgIpc) is 3.29. The van der Waals surface area contributed by atoms with Gasteiger partial charge in [-0.15, -0.1) is 0 Å². The number of amidine groups is 2. The molecule has 35 heavy (non-hydrogen) atoms. The second-order valence-corrected chi connectivity index (χ2v) is 8.42. The van der Waals surface area contributed by atoms with Crippen LogP contribution in [0.15, 0.2) is 58.1 Å². The topological polar surface area (TPSA) is 106 Å². The molecule has 2 aliphatic heterocycles. The van der Waals surface area contributed by atoms with Crippen molar-refractivity contribution >= 4 is 39.8 Å². The molecule has 182 valence electrons. The third kappa shape index (κ3) is 5.65. The summed E-state index contributed by atoms with van der Waals surface area (Å²) in [6.45, 7) is 4.96. The van der Waals surface area contributed by atoms with Crippen LogP contribution in [0.4, 0.5) is 0 Å². The van der Waals surface area contributed by atoms with E-state index < -0.39 is 5.91 Å². The molecule has 0 fully saturated rings. The summed E-state index contributed by atoms with van der Waals surface area (Å²) in [5, 5.41) is 15.5. The summed E-state index contributed by atoms with van der Waals surface area (Å²) in [4.78, 5) is 16.7. The van der Waals surface area contributed by atoms with Crippen LogP contribution in [0.25, 0.3) is 6.08 Å². The van der Waals surface area contributed by atoms with Crippen LogP contribution < -0.4 is 18.9 Å². The van der Waals surface area contributed by atoms with Gasteiger partial charge in [-0.2, -0.15) is 15.1 Å². The van der Waals surface area contributed by atoms with Crippen molar-refractivity contribution in [1.29, 1.82) is 5.41 Å². The van der Waals surface area contributed by atoms with Crippen LogP contribution >= 0.6 is 11.8 Å². The van der Waals surface area contributed by atoms with Crippen LogP contribution in [0.2, 0.25) is 0 Å². The first-order chi connectivity index (χ1) is 17.0. The molecule has 1 N–H and O–H groups in total. The van der Waals surface area contributed by atoms with Gasteiger partial charge in [0, 0.05) is 0 Å². The summed E-state index contributed by atoms with van der Waals surface area (Å²) < 4.78 is 22.5. The number of hydrazone groups is 1. The number of aliphatic imine (C=N–C) groups is 1. The van der Waals surface area contributed by atoms with E-state index in [1.165, 1.54) is 16.8 Å². The van der Waals surface area contributed by atoms with Gasteiger partial charge in [-0.1, -0.05) is 13.0 Å². The van der Waals surface area contributed by atoms with E-state index in [0.29, 0.717) is 48.5 Å². The number of nitrogens with one attached hydrogen (secondary N) is 1. The van der Waals surface area contributed by atoms with Gasteiger partial charge >= 0.3 is 0 Å². The standard InChI is InChI=1S/C25H26N4O5S/c1-4-22-28-29-23(26)19(24(30)27-25(29)35-22)14-16-6-11-20(21(15-16)32-5-2)34-13-12-33-18-9-7-17(31-3)8-10-18/h6-11,14-15,26H,4-5,12-13H2,1-3H3. The maximum Gasteiger partial charge on any atom is 0.283 e. The molecular formula is C25H26N4O5S. The molecule has 0 saturated heterocycles. The molecular weight excluding hydrogens is 468 g/mol. The van der Waals surface area contributed by atoms with Crippen molar-refractivity contribution < 1.29 is 23.7 Å². The molecule has 9 nitrogen and oxygen atoms in total. The Morgan fingerprint density at radius 3 is 2.46 bits per heavy atom. The Morgan fingerprint density at radius 1 is 1.00 bits per heavy atom. The zero-order chi connectivity index (χ0) is 24.8. The van der Waals surface area contributed by atoms with Gasteiger partial charge in [-0.3, -0.25) is 10.2 Å². The molecule has 0 aliphatic carbocycles. The van der Waals surface area contributed by atoms with Gasteiger partial charge in [0.15, 0.2) is 17.3 Å². The number of hydrogen-bond donors (Lipinski definition) is 1. The molecule has 0 aromatic heterocycles. The molecule has 10 heteroatoms. The Kier molecular flexibility index (Phi) is 7.71. The van der Waals surface area contributed by atoms with E-state index in [0.717, 1.165) is 16.5 Å². The molecule has 4 rings (SSSR count). The fourth-order valence-corrected chi connectivity index (χ4v) is 4.15. The average molecular weight is 495 g/mol. The number of fused-ring (bicyclic) bond motifs is 1. The van der Waals surface area contributed by atoms with E-state index in [2.05, 4.69) is 10.1 Å². The van der Waals surface area contributed by atoms with Crippen LogP contribution in [0.5, 0.6) is 23.0 Å². The van der Waals surface area contributed by atoms with Crippen molar-refractivity contribution in [2.24, 2.45) is 10.1 Å². The minimum Gasteiger partial charge on any atom is -0.497 e. The number of rotatable bonds is 10. The molecule has 1 amide bonds. The Labute approximate surface area is 207 Å². The quantitative estimate of drug-likeness (QED) is 0.381. The van der Waals surface area contributed by atoms with Crippen molar-refractivity contribution in [3.63, 3.8) is 0 Å². The van der Waals surface area contributed by atoms with E-state index in [-0.39, 0.29) is 11.4 Å². The smallest absolute Gasteiger partial charge is 0.283 e. The number of benzene rings is 2. The molecule has 0 saturated carbocycles. The number of amides is 1. The minimum atomic E-state index is -0.463. The maximum atomic E-state index is 12.6. The van der Waals surface area contributed by atoms with Crippen molar-refractivity contribution in [3.8, 4) is 23.0 Å².